The highest BCUT2D eigenvalue weighted by Gasteiger charge is 2.18. The zero-order chi connectivity index (χ0) is 31.2. The van der Waals surface area contributed by atoms with Crippen LogP contribution < -0.4 is 0 Å². The van der Waals surface area contributed by atoms with Crippen molar-refractivity contribution >= 4 is 32.8 Å². The van der Waals surface area contributed by atoms with E-state index in [-0.39, 0.29) is 0 Å². The van der Waals surface area contributed by atoms with E-state index in [1.165, 1.54) is 22.3 Å². The molecule has 0 bridgehead atoms. The molecule has 0 aliphatic rings. The molecule has 0 atom stereocenters. The van der Waals surface area contributed by atoms with Crippen LogP contribution in [0.3, 0.4) is 0 Å². The fraction of sp³-hybridized carbons (Fsp3) is 0. The van der Waals surface area contributed by atoms with Gasteiger partial charge in [0.2, 0.25) is 0 Å². The maximum atomic E-state index is 6.45. The van der Waals surface area contributed by atoms with Crippen LogP contribution in [0.15, 0.2) is 174 Å². The normalized spacial score (nSPS) is 11.4. The van der Waals surface area contributed by atoms with Crippen molar-refractivity contribution in [2.75, 3.05) is 0 Å². The van der Waals surface area contributed by atoms with Crippen LogP contribution in [0.25, 0.3) is 88.9 Å². The molecular weight excluding hydrogens is 572 g/mol. The first kappa shape index (κ1) is 27.0. The third-order valence-electron chi connectivity index (χ3n) is 8.90. The van der Waals surface area contributed by atoms with Crippen LogP contribution in [-0.2, 0) is 0 Å². The van der Waals surface area contributed by atoms with Crippen LogP contribution in [0, 0.1) is 0 Å². The highest BCUT2D eigenvalue weighted by atomic mass is 16.3. The van der Waals surface area contributed by atoms with Crippen molar-refractivity contribution in [3.63, 3.8) is 0 Å². The first-order valence-electron chi connectivity index (χ1n) is 15.8. The molecule has 0 unspecified atom stereocenters. The van der Waals surface area contributed by atoms with E-state index in [9.17, 15) is 0 Å². The van der Waals surface area contributed by atoms with E-state index in [0.717, 1.165) is 60.8 Å². The maximum absolute atomic E-state index is 6.45. The van der Waals surface area contributed by atoms with Crippen LogP contribution in [-0.4, -0.2) is 9.97 Å². The predicted octanol–water partition coefficient (Wildman–Crippen LogP) is 11.9. The molecule has 9 aromatic rings. The molecule has 47 heavy (non-hydrogen) atoms. The summed E-state index contributed by atoms with van der Waals surface area (Å²) in [6.07, 6.45) is 0. The second kappa shape index (κ2) is 11.2. The van der Waals surface area contributed by atoms with Gasteiger partial charge < -0.3 is 4.42 Å². The molecule has 9 rings (SSSR count). The monoisotopic (exact) mass is 600 g/mol. The van der Waals surface area contributed by atoms with Gasteiger partial charge in [-0.1, -0.05) is 140 Å². The molecule has 0 radical (unpaired) electrons. The summed E-state index contributed by atoms with van der Waals surface area (Å²) >= 11 is 0. The van der Waals surface area contributed by atoms with Gasteiger partial charge in [-0.05, 0) is 63.7 Å². The summed E-state index contributed by atoms with van der Waals surface area (Å²) in [6, 6.07) is 59.2. The predicted molar refractivity (Wildman–Crippen MR) is 194 cm³/mol. The molecule has 0 fully saturated rings. The van der Waals surface area contributed by atoms with Gasteiger partial charge >= 0.3 is 0 Å². The molecular formula is C44H28N2O. The number of nitrogens with zero attached hydrogens (tertiary/aromatic N) is 2. The molecule has 2 aromatic heterocycles. The van der Waals surface area contributed by atoms with Crippen LogP contribution in [0.1, 0.15) is 0 Å². The topological polar surface area (TPSA) is 38.9 Å². The lowest BCUT2D eigenvalue weighted by atomic mass is 9.92. The standard InChI is InChI=1S/C44H28N2O/c1-3-13-29(14-4-1)35-21-7-8-22-36(35)33-19-11-17-31(27-33)32-18-12-20-34(28-32)44-45-41(30-15-5-2-6-16-30)39-26-25-38-37-23-9-10-24-40(37)47-43(38)42(39)46-44/h1-28H. The molecule has 2 heterocycles. The van der Waals surface area contributed by atoms with Crippen LogP contribution >= 0.6 is 0 Å². The third-order valence-corrected chi connectivity index (χ3v) is 8.90. The van der Waals surface area contributed by atoms with Gasteiger partial charge in [0, 0.05) is 27.3 Å². The molecule has 0 aliphatic carbocycles. The highest BCUT2D eigenvalue weighted by molar-refractivity contribution is 6.15. The van der Waals surface area contributed by atoms with Crippen molar-refractivity contribution in [1.29, 1.82) is 0 Å². The van der Waals surface area contributed by atoms with Gasteiger partial charge in [-0.15, -0.1) is 0 Å². The Morgan fingerprint density at radius 2 is 0.915 bits per heavy atom. The lowest BCUT2D eigenvalue weighted by molar-refractivity contribution is 0.671. The summed E-state index contributed by atoms with van der Waals surface area (Å²) in [6.45, 7) is 0. The average Bonchev–Trinajstić information content (AvgIpc) is 3.55. The zero-order valence-electron chi connectivity index (χ0n) is 25.5. The molecule has 7 aromatic carbocycles. The van der Waals surface area contributed by atoms with E-state index in [1.807, 2.05) is 36.4 Å². The second-order valence-electron chi connectivity index (χ2n) is 11.8. The largest absolute Gasteiger partial charge is 0.454 e. The number of hydrogen-bond acceptors (Lipinski definition) is 3. The van der Waals surface area contributed by atoms with Gasteiger partial charge in [0.25, 0.3) is 0 Å². The molecule has 0 amide bonds. The summed E-state index contributed by atoms with van der Waals surface area (Å²) in [7, 11) is 0. The second-order valence-corrected chi connectivity index (χ2v) is 11.8. The molecule has 3 nitrogen and oxygen atoms in total. The minimum absolute atomic E-state index is 0.664. The number of para-hydroxylation sites is 1. The van der Waals surface area contributed by atoms with E-state index in [1.54, 1.807) is 0 Å². The number of fused-ring (bicyclic) bond motifs is 5. The van der Waals surface area contributed by atoms with Gasteiger partial charge in [-0.2, -0.15) is 0 Å². The fourth-order valence-corrected chi connectivity index (χ4v) is 6.63. The molecule has 3 heteroatoms. The third kappa shape index (κ3) is 4.77. The van der Waals surface area contributed by atoms with Gasteiger partial charge in [0.05, 0.1) is 5.69 Å². The van der Waals surface area contributed by atoms with Gasteiger partial charge in [-0.3, -0.25) is 0 Å². The Bertz CT molecular complexity index is 2570. The first-order chi connectivity index (χ1) is 23.3. The van der Waals surface area contributed by atoms with Crippen LogP contribution in [0.5, 0.6) is 0 Å². The van der Waals surface area contributed by atoms with E-state index in [4.69, 9.17) is 14.4 Å². The number of benzene rings is 7. The highest BCUT2D eigenvalue weighted by Crippen LogP contribution is 2.38. The summed E-state index contributed by atoms with van der Waals surface area (Å²) < 4.78 is 6.45. The molecule has 0 N–H and O–H groups in total. The van der Waals surface area contributed by atoms with Crippen molar-refractivity contribution in [1.82, 2.24) is 9.97 Å². The Labute approximate surface area is 272 Å². The van der Waals surface area contributed by atoms with Crippen molar-refractivity contribution in [3.8, 4) is 56.0 Å². The summed E-state index contributed by atoms with van der Waals surface area (Å²) in [5.74, 6) is 0.664. The van der Waals surface area contributed by atoms with Gasteiger partial charge in [0.1, 0.15) is 11.1 Å². The van der Waals surface area contributed by atoms with Crippen molar-refractivity contribution in [2.24, 2.45) is 0 Å². The Morgan fingerprint density at radius 3 is 1.68 bits per heavy atom. The summed E-state index contributed by atoms with van der Waals surface area (Å²) in [5, 5.41) is 3.10. The minimum atomic E-state index is 0.664. The Morgan fingerprint density at radius 1 is 0.362 bits per heavy atom. The smallest absolute Gasteiger partial charge is 0.161 e. The summed E-state index contributed by atoms with van der Waals surface area (Å²) in [4.78, 5) is 10.4. The quantitative estimate of drug-likeness (QED) is 0.197. The lowest BCUT2D eigenvalue weighted by Gasteiger charge is -2.13. The van der Waals surface area contributed by atoms with Crippen LogP contribution in [0.2, 0.25) is 0 Å². The lowest BCUT2D eigenvalue weighted by Crippen LogP contribution is -1.96. The molecule has 0 spiro atoms. The first-order valence-corrected chi connectivity index (χ1v) is 15.8. The Balaban J connectivity index is 1.20. The van der Waals surface area contributed by atoms with E-state index >= 15 is 0 Å². The van der Waals surface area contributed by atoms with E-state index < -0.39 is 0 Å². The minimum Gasteiger partial charge on any atom is -0.454 e. The van der Waals surface area contributed by atoms with E-state index in [2.05, 4.69) is 133 Å². The molecule has 0 saturated carbocycles. The molecule has 0 saturated heterocycles. The molecule has 0 aliphatic heterocycles. The Hall–Kier alpha value is -6.32. The zero-order valence-corrected chi connectivity index (χ0v) is 25.5. The van der Waals surface area contributed by atoms with Gasteiger partial charge in [0.15, 0.2) is 11.4 Å². The fourth-order valence-electron chi connectivity index (χ4n) is 6.63. The van der Waals surface area contributed by atoms with Crippen molar-refractivity contribution < 1.29 is 4.42 Å². The van der Waals surface area contributed by atoms with E-state index in [0.29, 0.717) is 5.82 Å². The maximum Gasteiger partial charge on any atom is 0.161 e. The molecule has 220 valence electrons. The SMILES string of the molecule is c1ccc(-c2ccccc2-c2cccc(-c3cccc(-c4nc(-c5ccccc5)c5ccc6c7ccccc7oc6c5n4)c3)c2)cc1. The van der Waals surface area contributed by atoms with Crippen molar-refractivity contribution in [3.05, 3.63) is 170 Å². The number of furan rings is 1. The Kier molecular flexibility index (Phi) is 6.46. The van der Waals surface area contributed by atoms with Crippen LogP contribution in [0.4, 0.5) is 0 Å². The summed E-state index contributed by atoms with van der Waals surface area (Å²) in [5.41, 5.74) is 12.4. The number of hydrogen-bond donors (Lipinski definition) is 0. The van der Waals surface area contributed by atoms with Crippen molar-refractivity contribution in [2.45, 2.75) is 0 Å². The average molecular weight is 601 g/mol. The number of aromatic nitrogens is 2. The van der Waals surface area contributed by atoms with Gasteiger partial charge in [-0.25, -0.2) is 9.97 Å². The number of rotatable bonds is 5.